The lowest BCUT2D eigenvalue weighted by molar-refractivity contribution is 0.0939. The number of carbonyl (C=O) groups excluding carboxylic acids is 2. The van der Waals surface area contributed by atoms with Gasteiger partial charge in [-0.15, -0.1) is 0 Å². The zero-order valence-corrected chi connectivity index (χ0v) is 14.5. The Morgan fingerprint density at radius 1 is 0.692 bits per heavy atom. The largest absolute Gasteiger partial charge is 0.346 e. The van der Waals surface area contributed by atoms with Gasteiger partial charge in [-0.1, -0.05) is 48.5 Å². The summed E-state index contributed by atoms with van der Waals surface area (Å²) in [6, 6.07) is 25.6. The van der Waals surface area contributed by atoms with Crippen LogP contribution in [0.2, 0.25) is 0 Å². The third kappa shape index (κ3) is 4.36. The average molecular weight is 344 g/mol. The van der Waals surface area contributed by atoms with Crippen LogP contribution in [0.3, 0.4) is 0 Å². The van der Waals surface area contributed by atoms with Crippen molar-refractivity contribution in [3.05, 3.63) is 102 Å². The standard InChI is InChI=1S/C22H20N2O2/c1-16(17-8-4-2-5-9-17)23-21(25)19-12-14-20(15-13-19)24-22(26)18-10-6-3-7-11-18/h2-16H,1H3,(H,23,25)(H,24,26)/t16-/m1/s1. The SMILES string of the molecule is C[C@@H](NC(=O)c1ccc(NC(=O)c2ccccc2)cc1)c1ccccc1. The molecule has 0 saturated carbocycles. The highest BCUT2D eigenvalue weighted by Crippen LogP contribution is 2.15. The molecule has 3 aromatic carbocycles. The minimum absolute atomic E-state index is 0.0823. The Balaban J connectivity index is 1.62. The maximum atomic E-state index is 12.4. The maximum absolute atomic E-state index is 12.4. The third-order valence-corrected chi connectivity index (χ3v) is 4.09. The number of nitrogens with one attached hydrogen (secondary N) is 2. The molecule has 2 N–H and O–H groups in total. The Kier molecular flexibility index (Phi) is 5.44. The van der Waals surface area contributed by atoms with Crippen LogP contribution in [-0.2, 0) is 0 Å². The molecule has 130 valence electrons. The molecule has 0 saturated heterocycles. The Bertz CT molecular complexity index is 875. The van der Waals surface area contributed by atoms with Crippen molar-refractivity contribution >= 4 is 17.5 Å². The summed E-state index contributed by atoms with van der Waals surface area (Å²) >= 11 is 0. The second-order valence-corrected chi connectivity index (χ2v) is 6.00. The Morgan fingerprint density at radius 2 is 1.23 bits per heavy atom. The molecule has 0 bridgehead atoms. The van der Waals surface area contributed by atoms with Crippen molar-refractivity contribution in [3.63, 3.8) is 0 Å². The van der Waals surface area contributed by atoms with E-state index in [9.17, 15) is 9.59 Å². The molecule has 2 amide bonds. The zero-order chi connectivity index (χ0) is 18.4. The van der Waals surface area contributed by atoms with Crippen molar-refractivity contribution in [3.8, 4) is 0 Å². The molecule has 4 nitrogen and oxygen atoms in total. The molecule has 3 rings (SSSR count). The van der Waals surface area contributed by atoms with Crippen molar-refractivity contribution in [2.45, 2.75) is 13.0 Å². The van der Waals surface area contributed by atoms with Gasteiger partial charge in [-0.3, -0.25) is 9.59 Å². The van der Waals surface area contributed by atoms with E-state index in [0.29, 0.717) is 16.8 Å². The van der Waals surface area contributed by atoms with Crippen LogP contribution in [-0.4, -0.2) is 11.8 Å². The molecule has 0 fully saturated rings. The van der Waals surface area contributed by atoms with Crippen LogP contribution < -0.4 is 10.6 Å². The molecule has 0 unspecified atom stereocenters. The fourth-order valence-corrected chi connectivity index (χ4v) is 2.60. The lowest BCUT2D eigenvalue weighted by Crippen LogP contribution is -2.26. The molecular formula is C22H20N2O2. The maximum Gasteiger partial charge on any atom is 0.255 e. The third-order valence-electron chi connectivity index (χ3n) is 4.09. The fourth-order valence-electron chi connectivity index (χ4n) is 2.60. The quantitative estimate of drug-likeness (QED) is 0.719. The van der Waals surface area contributed by atoms with Crippen molar-refractivity contribution < 1.29 is 9.59 Å². The Morgan fingerprint density at radius 3 is 1.85 bits per heavy atom. The van der Waals surface area contributed by atoms with Gasteiger partial charge in [0.1, 0.15) is 0 Å². The van der Waals surface area contributed by atoms with E-state index in [-0.39, 0.29) is 17.9 Å². The lowest BCUT2D eigenvalue weighted by Gasteiger charge is -2.14. The van der Waals surface area contributed by atoms with E-state index in [0.717, 1.165) is 5.56 Å². The van der Waals surface area contributed by atoms with Crippen LogP contribution in [0.5, 0.6) is 0 Å². The summed E-state index contributed by atoms with van der Waals surface area (Å²) in [4.78, 5) is 24.5. The molecule has 26 heavy (non-hydrogen) atoms. The lowest BCUT2D eigenvalue weighted by atomic mass is 10.1. The predicted octanol–water partition coefficient (Wildman–Crippen LogP) is 4.43. The van der Waals surface area contributed by atoms with Gasteiger partial charge >= 0.3 is 0 Å². The van der Waals surface area contributed by atoms with Crippen LogP contribution in [0, 0.1) is 0 Å². The van der Waals surface area contributed by atoms with Crippen molar-refractivity contribution in [2.75, 3.05) is 5.32 Å². The van der Waals surface area contributed by atoms with Crippen LogP contribution in [0.1, 0.15) is 39.2 Å². The van der Waals surface area contributed by atoms with Crippen LogP contribution in [0.25, 0.3) is 0 Å². The second kappa shape index (κ2) is 8.12. The highest BCUT2D eigenvalue weighted by Gasteiger charge is 2.11. The number of hydrogen-bond acceptors (Lipinski definition) is 2. The average Bonchev–Trinajstić information content (AvgIpc) is 2.69. The Labute approximate surface area is 152 Å². The van der Waals surface area contributed by atoms with Crippen LogP contribution >= 0.6 is 0 Å². The molecule has 0 radical (unpaired) electrons. The van der Waals surface area contributed by atoms with E-state index in [1.807, 2.05) is 55.5 Å². The van der Waals surface area contributed by atoms with E-state index in [1.54, 1.807) is 36.4 Å². The minimum atomic E-state index is -0.180. The molecule has 1 atom stereocenters. The van der Waals surface area contributed by atoms with Crippen molar-refractivity contribution in [1.82, 2.24) is 5.32 Å². The van der Waals surface area contributed by atoms with Gasteiger partial charge in [-0.25, -0.2) is 0 Å². The first-order chi connectivity index (χ1) is 12.6. The molecule has 0 aliphatic rings. The van der Waals surface area contributed by atoms with E-state index in [4.69, 9.17) is 0 Å². The zero-order valence-electron chi connectivity index (χ0n) is 14.5. The molecule has 0 aliphatic carbocycles. The van der Waals surface area contributed by atoms with Gasteiger partial charge in [0.15, 0.2) is 0 Å². The van der Waals surface area contributed by atoms with Gasteiger partial charge in [0.25, 0.3) is 11.8 Å². The predicted molar refractivity (Wildman–Crippen MR) is 103 cm³/mol. The van der Waals surface area contributed by atoms with Gasteiger partial charge < -0.3 is 10.6 Å². The molecule has 0 heterocycles. The monoisotopic (exact) mass is 344 g/mol. The summed E-state index contributed by atoms with van der Waals surface area (Å²) in [6.07, 6.45) is 0. The fraction of sp³-hybridized carbons (Fsp3) is 0.0909. The van der Waals surface area contributed by atoms with E-state index < -0.39 is 0 Å². The van der Waals surface area contributed by atoms with Crippen LogP contribution in [0.4, 0.5) is 5.69 Å². The topological polar surface area (TPSA) is 58.2 Å². The smallest absolute Gasteiger partial charge is 0.255 e. The molecule has 0 aliphatic heterocycles. The summed E-state index contributed by atoms with van der Waals surface area (Å²) in [5.74, 6) is -0.331. The molecule has 4 heteroatoms. The molecule has 0 spiro atoms. The highest BCUT2D eigenvalue weighted by atomic mass is 16.2. The molecular weight excluding hydrogens is 324 g/mol. The van der Waals surface area contributed by atoms with Gasteiger partial charge in [-0.2, -0.15) is 0 Å². The molecule has 3 aromatic rings. The first-order valence-corrected chi connectivity index (χ1v) is 8.46. The summed E-state index contributed by atoms with van der Waals surface area (Å²) in [5, 5.41) is 5.79. The summed E-state index contributed by atoms with van der Waals surface area (Å²) in [6.45, 7) is 1.95. The number of amides is 2. The normalized spacial score (nSPS) is 11.4. The van der Waals surface area contributed by atoms with Crippen molar-refractivity contribution in [1.29, 1.82) is 0 Å². The van der Waals surface area contributed by atoms with Gasteiger partial charge in [0.2, 0.25) is 0 Å². The second-order valence-electron chi connectivity index (χ2n) is 6.00. The van der Waals surface area contributed by atoms with Gasteiger partial charge in [-0.05, 0) is 48.9 Å². The number of benzene rings is 3. The first-order valence-electron chi connectivity index (χ1n) is 8.46. The highest BCUT2D eigenvalue weighted by molar-refractivity contribution is 6.04. The summed E-state index contributed by atoms with van der Waals surface area (Å²) in [7, 11) is 0. The number of hydrogen-bond donors (Lipinski definition) is 2. The number of anilines is 1. The van der Waals surface area contributed by atoms with E-state index >= 15 is 0 Å². The summed E-state index contributed by atoms with van der Waals surface area (Å²) in [5.41, 5.74) is 2.83. The first kappa shape index (κ1) is 17.4. The number of carbonyl (C=O) groups is 2. The van der Waals surface area contributed by atoms with Crippen LogP contribution in [0.15, 0.2) is 84.9 Å². The van der Waals surface area contributed by atoms with Crippen molar-refractivity contribution in [2.24, 2.45) is 0 Å². The molecule has 0 aromatic heterocycles. The van der Waals surface area contributed by atoms with Gasteiger partial charge in [0.05, 0.1) is 6.04 Å². The minimum Gasteiger partial charge on any atom is -0.346 e. The number of rotatable bonds is 5. The van der Waals surface area contributed by atoms with E-state index in [1.165, 1.54) is 0 Å². The summed E-state index contributed by atoms with van der Waals surface area (Å²) < 4.78 is 0. The Hall–Kier alpha value is -3.40. The van der Waals surface area contributed by atoms with Gasteiger partial charge in [0, 0.05) is 16.8 Å². The van der Waals surface area contributed by atoms with E-state index in [2.05, 4.69) is 10.6 Å².